The number of hydrogen-bond acceptors (Lipinski definition) is 7. The number of nitrogens with one attached hydrogen (secondary N) is 1. The summed E-state index contributed by atoms with van der Waals surface area (Å²) in [6, 6.07) is 8.76. The van der Waals surface area contributed by atoms with Crippen LogP contribution in [0.1, 0.15) is 12.5 Å². The largest absolute Gasteiger partial charge is 1.00 e. The van der Waals surface area contributed by atoms with E-state index < -0.39 is 46.0 Å². The van der Waals surface area contributed by atoms with E-state index in [9.17, 15) is 37.5 Å². The van der Waals surface area contributed by atoms with Crippen molar-refractivity contribution in [1.82, 2.24) is 9.47 Å². The predicted molar refractivity (Wildman–Crippen MR) is 118 cm³/mol. The summed E-state index contributed by atoms with van der Waals surface area (Å²) < 4.78 is 49.3. The summed E-state index contributed by atoms with van der Waals surface area (Å²) in [5.41, 5.74) is -1.88. The molecule has 1 aliphatic rings. The molecule has 1 fully saturated rings. The summed E-state index contributed by atoms with van der Waals surface area (Å²) >= 11 is 0. The van der Waals surface area contributed by atoms with Crippen molar-refractivity contribution < 1.29 is 71.7 Å². The Morgan fingerprint density at radius 3 is 2.59 bits per heavy atom. The molecule has 3 atom stereocenters. The second kappa shape index (κ2) is 10.7. The van der Waals surface area contributed by atoms with Crippen molar-refractivity contribution in [3.8, 4) is 11.3 Å². The molecule has 2 unspecified atom stereocenters. The molecule has 2 heterocycles. The molecule has 0 aliphatic carbocycles. The number of carbonyl (C=O) groups is 2. The average Bonchev–Trinajstić information content (AvgIpc) is 3.18. The number of halogens is 3. The van der Waals surface area contributed by atoms with Crippen LogP contribution in [0.5, 0.6) is 0 Å². The molecule has 9 nitrogen and oxygen atoms in total. The van der Waals surface area contributed by atoms with Gasteiger partial charge in [-0.3, -0.25) is 4.79 Å². The monoisotopic (exact) mass is 526 g/mol. The van der Waals surface area contributed by atoms with Crippen LogP contribution in [0.3, 0.4) is 0 Å². The standard InChI is InChI=1S/C24H19F3N2O7.Na/c1-13(22(32)33)29(10-16(11-35-12-30)36-23(29)34)15-7-6-14-8-20(28-21(31)18(14)9-15)17-4-2-3-5-19(17)24(25,26)27;/h2-9,13,16H,10-11H2,1H3,(H,28,31)(H,32,33);/q;+1/p-1/t13?,16-,29?;/m1./s1. The Morgan fingerprint density at radius 1 is 1.24 bits per heavy atom. The SMILES string of the molecule is CC(C(=O)[O-])[N+]1(c2ccc3cc(-c4ccccc4C(F)(F)F)[nH]c(=O)c3c2)C[C@H](CO[C-]=O)OC1=O.[Na+]. The number of fused-ring (bicyclic) bond motifs is 1. The van der Waals surface area contributed by atoms with Crippen LogP contribution < -0.4 is 44.7 Å². The first-order valence-corrected chi connectivity index (χ1v) is 10.6. The number of nitrogens with zero attached hydrogens (tertiary/aromatic N) is 1. The normalized spacial score (nSPS) is 20.1. The van der Waals surface area contributed by atoms with Gasteiger partial charge in [-0.1, -0.05) is 24.7 Å². The molecule has 188 valence electrons. The third kappa shape index (κ3) is 5.14. The van der Waals surface area contributed by atoms with E-state index >= 15 is 0 Å². The molecular formula is C24H18F3N2NaO7. The Labute approximate surface area is 229 Å². The third-order valence-corrected chi connectivity index (χ3v) is 6.23. The molecule has 0 spiro atoms. The molecule has 0 saturated carbocycles. The number of alkyl halides is 3. The Kier molecular flexibility index (Phi) is 8.18. The van der Waals surface area contributed by atoms with Crippen LogP contribution in [0, 0.1) is 0 Å². The second-order valence-corrected chi connectivity index (χ2v) is 8.27. The van der Waals surface area contributed by atoms with Crippen molar-refractivity contribution in [3.05, 3.63) is 64.4 Å². The summed E-state index contributed by atoms with van der Waals surface area (Å²) in [6.07, 6.45) is -6.59. The Bertz CT molecular complexity index is 1430. The molecular weight excluding hydrogens is 508 g/mol. The number of aromatic nitrogens is 1. The van der Waals surface area contributed by atoms with Crippen LogP contribution in [0.2, 0.25) is 0 Å². The molecule has 0 radical (unpaired) electrons. The number of aliphatic carboxylic acids is 1. The van der Waals surface area contributed by atoms with E-state index in [1.165, 1.54) is 55.9 Å². The number of carboxylic acid groups (broad SMARTS) is 1. The van der Waals surface area contributed by atoms with E-state index in [2.05, 4.69) is 9.72 Å². The van der Waals surface area contributed by atoms with Crippen molar-refractivity contribution in [2.45, 2.75) is 25.2 Å². The molecule has 1 aromatic heterocycles. The van der Waals surface area contributed by atoms with E-state index in [4.69, 9.17) is 4.74 Å². The van der Waals surface area contributed by atoms with Crippen LogP contribution >= 0.6 is 0 Å². The zero-order valence-corrected chi connectivity index (χ0v) is 21.6. The van der Waals surface area contributed by atoms with Gasteiger partial charge in [0.2, 0.25) is 0 Å². The van der Waals surface area contributed by atoms with Gasteiger partial charge >= 0.3 is 41.8 Å². The van der Waals surface area contributed by atoms with Gasteiger partial charge in [0.1, 0.15) is 24.2 Å². The molecule has 1 amide bonds. The summed E-state index contributed by atoms with van der Waals surface area (Å²) in [4.78, 5) is 50.5. The zero-order valence-electron chi connectivity index (χ0n) is 19.6. The van der Waals surface area contributed by atoms with Gasteiger partial charge in [-0.15, -0.1) is 0 Å². The number of cyclic esters (lactones) is 1. The number of H-pyrrole nitrogens is 1. The van der Waals surface area contributed by atoms with Crippen LogP contribution in [-0.2, 0) is 25.2 Å². The van der Waals surface area contributed by atoms with Gasteiger partial charge in [-0.2, -0.15) is 22.4 Å². The minimum atomic E-state index is -4.65. The van der Waals surface area contributed by atoms with Gasteiger partial charge < -0.3 is 29.2 Å². The minimum absolute atomic E-state index is 0. The number of carboxylic acids is 1. The maximum absolute atomic E-state index is 13.5. The number of carbonyl (C=O) groups excluding carboxylic acids is 3. The maximum Gasteiger partial charge on any atom is 1.00 e. The first-order chi connectivity index (χ1) is 17.0. The number of amides is 1. The van der Waals surface area contributed by atoms with Crippen molar-refractivity contribution in [2.24, 2.45) is 0 Å². The van der Waals surface area contributed by atoms with Crippen molar-refractivity contribution in [1.29, 1.82) is 0 Å². The van der Waals surface area contributed by atoms with Gasteiger partial charge in [-0.25, -0.2) is 0 Å². The molecule has 1 N–H and O–H groups in total. The maximum atomic E-state index is 13.5. The van der Waals surface area contributed by atoms with E-state index in [1.54, 1.807) is 0 Å². The van der Waals surface area contributed by atoms with E-state index in [0.29, 0.717) is 0 Å². The fraction of sp³-hybridized carbons (Fsp3) is 0.250. The first-order valence-electron chi connectivity index (χ1n) is 10.6. The van der Waals surface area contributed by atoms with E-state index in [1.807, 2.05) is 0 Å². The van der Waals surface area contributed by atoms with Crippen LogP contribution in [-0.4, -0.2) is 48.8 Å². The second-order valence-electron chi connectivity index (χ2n) is 8.27. The Morgan fingerprint density at radius 2 is 1.95 bits per heavy atom. The Hall–Kier alpha value is -3.19. The number of rotatable bonds is 7. The number of aromatic amines is 1. The van der Waals surface area contributed by atoms with Crippen LogP contribution in [0.4, 0.5) is 23.7 Å². The molecule has 37 heavy (non-hydrogen) atoms. The summed E-state index contributed by atoms with van der Waals surface area (Å²) in [5.74, 6) is -1.57. The predicted octanol–water partition coefficient (Wildman–Crippen LogP) is -0.734. The molecule has 4 rings (SSSR count). The first kappa shape index (κ1) is 28.4. The van der Waals surface area contributed by atoms with Gasteiger partial charge in [0, 0.05) is 23.4 Å². The molecule has 1 saturated heterocycles. The summed E-state index contributed by atoms with van der Waals surface area (Å²) in [6.45, 7) is 1.84. The molecule has 1 aliphatic heterocycles. The summed E-state index contributed by atoms with van der Waals surface area (Å²) in [5, 5.41) is 12.1. The number of pyridine rings is 1. The van der Waals surface area contributed by atoms with Gasteiger partial charge in [0.05, 0.1) is 17.6 Å². The fourth-order valence-corrected chi connectivity index (χ4v) is 4.42. The van der Waals surface area contributed by atoms with Crippen LogP contribution in [0.15, 0.2) is 53.3 Å². The zero-order chi connectivity index (χ0) is 26.3. The number of hydrogen-bond donors (Lipinski definition) is 1. The minimum Gasteiger partial charge on any atom is -0.650 e. The van der Waals surface area contributed by atoms with Gasteiger partial charge in [0.15, 0.2) is 6.10 Å². The third-order valence-electron chi connectivity index (χ3n) is 6.23. The number of quaternary nitrogens is 1. The number of ether oxygens (including phenoxy) is 2. The van der Waals surface area contributed by atoms with Gasteiger partial charge in [-0.05, 0) is 30.5 Å². The Balaban J connectivity index is 0.00000380. The van der Waals surface area contributed by atoms with Crippen molar-refractivity contribution in [3.63, 3.8) is 0 Å². The van der Waals surface area contributed by atoms with Gasteiger partial charge in [0.25, 0.3) is 5.56 Å². The molecule has 0 bridgehead atoms. The quantitative estimate of drug-likeness (QED) is 0.244. The van der Waals surface area contributed by atoms with E-state index in [-0.39, 0.29) is 70.4 Å². The smallest absolute Gasteiger partial charge is 0.650 e. The fourth-order valence-electron chi connectivity index (χ4n) is 4.42. The topological polar surface area (TPSA) is 126 Å². The van der Waals surface area contributed by atoms with Crippen LogP contribution in [0.25, 0.3) is 22.0 Å². The molecule has 2 aromatic carbocycles. The average molecular weight is 526 g/mol. The molecule has 13 heteroatoms. The summed E-state index contributed by atoms with van der Waals surface area (Å²) in [7, 11) is 0. The number of benzene rings is 2. The molecule has 3 aromatic rings. The van der Waals surface area contributed by atoms with E-state index in [0.717, 1.165) is 6.07 Å². The van der Waals surface area contributed by atoms with Crippen molar-refractivity contribution in [2.75, 3.05) is 13.2 Å². The van der Waals surface area contributed by atoms with Crippen molar-refractivity contribution >= 4 is 35.0 Å².